The molecule has 2 aliphatic heterocycles. The monoisotopic (exact) mass is 378 g/mol. The first-order valence-corrected chi connectivity index (χ1v) is 9.56. The topological polar surface area (TPSA) is 119 Å². The summed E-state index contributed by atoms with van der Waals surface area (Å²) in [7, 11) is 1.88. The Labute approximate surface area is 162 Å². The van der Waals surface area contributed by atoms with Crippen LogP contribution >= 0.6 is 0 Å². The smallest absolute Gasteiger partial charge is 0.240 e. The average molecular weight is 378 g/mol. The molecule has 0 saturated carbocycles. The van der Waals surface area contributed by atoms with E-state index >= 15 is 0 Å². The van der Waals surface area contributed by atoms with Crippen LogP contribution in [-0.2, 0) is 0 Å². The maximum Gasteiger partial charge on any atom is 0.240 e. The van der Waals surface area contributed by atoms with Crippen LogP contribution < -0.4 is 16.0 Å². The molecule has 2 aliphatic rings. The Balaban J connectivity index is 1.42. The van der Waals surface area contributed by atoms with Gasteiger partial charge in [-0.15, -0.1) is 0 Å². The molecule has 144 valence electrons. The number of nitrogens with zero attached hydrogens (tertiary/aromatic N) is 6. The summed E-state index contributed by atoms with van der Waals surface area (Å²) in [5.41, 5.74) is 6.87. The number of piperidine rings is 1. The largest absolute Gasteiger partial charge is 0.368 e. The van der Waals surface area contributed by atoms with E-state index < -0.39 is 0 Å². The fourth-order valence-corrected chi connectivity index (χ4v) is 4.15. The van der Waals surface area contributed by atoms with Crippen LogP contribution in [0.1, 0.15) is 37.5 Å². The average Bonchev–Trinajstić information content (AvgIpc) is 3.34. The van der Waals surface area contributed by atoms with Gasteiger partial charge in [-0.05, 0) is 37.8 Å². The Kier molecular flexibility index (Phi) is 4.16. The minimum absolute atomic E-state index is 0.119. The predicted molar refractivity (Wildman–Crippen MR) is 104 cm³/mol. The molecule has 0 radical (unpaired) electrons. The fraction of sp³-hybridized carbons (Fsp3) is 0.421. The van der Waals surface area contributed by atoms with Crippen molar-refractivity contribution in [3.8, 4) is 11.6 Å². The lowest BCUT2D eigenvalue weighted by molar-refractivity contribution is 0.287. The van der Waals surface area contributed by atoms with E-state index in [1.54, 1.807) is 0 Å². The zero-order valence-electron chi connectivity index (χ0n) is 15.6. The van der Waals surface area contributed by atoms with Gasteiger partial charge in [0.05, 0.1) is 0 Å². The van der Waals surface area contributed by atoms with Gasteiger partial charge in [-0.3, -0.25) is 0 Å². The summed E-state index contributed by atoms with van der Waals surface area (Å²) in [5, 5.41) is 7.74. The number of nitrogen functional groups attached to an aromatic ring is 1. The summed E-state index contributed by atoms with van der Waals surface area (Å²) in [5.74, 6) is 2.15. The van der Waals surface area contributed by atoms with Crippen molar-refractivity contribution in [1.29, 1.82) is 0 Å². The van der Waals surface area contributed by atoms with Crippen LogP contribution in [0, 0.1) is 0 Å². The lowest BCUT2D eigenvalue weighted by atomic mass is 9.92. The molecule has 9 heteroatoms. The second kappa shape index (κ2) is 6.83. The number of anilines is 3. The van der Waals surface area contributed by atoms with Gasteiger partial charge in [-0.25, -0.2) is 0 Å². The molecule has 0 aliphatic carbocycles. The van der Waals surface area contributed by atoms with Crippen molar-refractivity contribution in [2.75, 3.05) is 17.7 Å². The summed E-state index contributed by atoms with van der Waals surface area (Å²) >= 11 is 0. The molecule has 2 unspecified atom stereocenters. The lowest BCUT2D eigenvalue weighted by Gasteiger charge is -2.26. The van der Waals surface area contributed by atoms with Crippen molar-refractivity contribution in [2.45, 2.75) is 43.7 Å². The standard InChI is InChI=1S/C19H22N8O/c1-27(14-5-3-2-4-6-14)19-24-15(23-18(20)25-19)16-22-17(28-26-16)11-9-12-7-8-13(10-11)21-12/h2-6,11-13,21H,7-10H2,1H3,(H2,20,23,24,25). The fourth-order valence-electron chi connectivity index (χ4n) is 4.15. The molecule has 2 atom stereocenters. The number of nitrogens with one attached hydrogen (secondary N) is 1. The van der Waals surface area contributed by atoms with Crippen LogP contribution in [0.3, 0.4) is 0 Å². The first-order chi connectivity index (χ1) is 13.7. The Hall–Kier alpha value is -3.07. The highest BCUT2D eigenvalue weighted by Crippen LogP contribution is 2.37. The molecule has 2 fully saturated rings. The number of para-hydroxylation sites is 1. The molecule has 2 saturated heterocycles. The molecule has 0 spiro atoms. The normalized spacial score (nSPS) is 23.7. The van der Waals surface area contributed by atoms with Crippen LogP contribution in [0.5, 0.6) is 0 Å². The Morgan fingerprint density at radius 1 is 1.00 bits per heavy atom. The van der Waals surface area contributed by atoms with Gasteiger partial charge in [0.1, 0.15) is 0 Å². The van der Waals surface area contributed by atoms with E-state index in [4.69, 9.17) is 10.3 Å². The highest BCUT2D eigenvalue weighted by atomic mass is 16.5. The third-order valence-corrected chi connectivity index (χ3v) is 5.55. The van der Waals surface area contributed by atoms with E-state index in [-0.39, 0.29) is 11.9 Å². The third-order valence-electron chi connectivity index (χ3n) is 5.55. The lowest BCUT2D eigenvalue weighted by Crippen LogP contribution is -2.37. The Bertz CT molecular complexity index is 963. The van der Waals surface area contributed by atoms with E-state index in [2.05, 4.69) is 30.4 Å². The summed E-state index contributed by atoms with van der Waals surface area (Å²) < 4.78 is 5.56. The molecule has 1 aromatic carbocycles. The van der Waals surface area contributed by atoms with Crippen molar-refractivity contribution in [2.24, 2.45) is 0 Å². The number of nitrogens with two attached hydrogens (primary N) is 1. The van der Waals surface area contributed by atoms with Gasteiger partial charge in [-0.2, -0.15) is 19.9 Å². The quantitative estimate of drug-likeness (QED) is 0.704. The number of fused-ring (bicyclic) bond motifs is 2. The molecular weight excluding hydrogens is 356 g/mol. The van der Waals surface area contributed by atoms with E-state index in [0.29, 0.717) is 35.6 Å². The molecule has 0 amide bonds. The minimum atomic E-state index is 0.119. The molecule has 4 heterocycles. The van der Waals surface area contributed by atoms with Crippen LogP contribution in [0.2, 0.25) is 0 Å². The second-order valence-electron chi connectivity index (χ2n) is 7.47. The molecule has 2 bridgehead atoms. The van der Waals surface area contributed by atoms with Crippen molar-refractivity contribution in [3.05, 3.63) is 36.2 Å². The Morgan fingerprint density at radius 3 is 2.50 bits per heavy atom. The van der Waals surface area contributed by atoms with E-state index in [0.717, 1.165) is 18.5 Å². The van der Waals surface area contributed by atoms with Crippen LogP contribution in [-0.4, -0.2) is 44.2 Å². The van der Waals surface area contributed by atoms with Gasteiger partial charge in [0.25, 0.3) is 0 Å². The van der Waals surface area contributed by atoms with Crippen LogP contribution in [0.15, 0.2) is 34.9 Å². The second-order valence-corrected chi connectivity index (χ2v) is 7.47. The molecular formula is C19H22N8O. The Morgan fingerprint density at radius 2 is 1.75 bits per heavy atom. The number of hydrogen-bond donors (Lipinski definition) is 2. The van der Waals surface area contributed by atoms with Gasteiger partial charge >= 0.3 is 0 Å². The number of hydrogen-bond acceptors (Lipinski definition) is 9. The van der Waals surface area contributed by atoms with Gasteiger partial charge in [-0.1, -0.05) is 23.4 Å². The molecule has 2 aromatic heterocycles. The zero-order valence-corrected chi connectivity index (χ0v) is 15.6. The summed E-state index contributed by atoms with van der Waals surface area (Å²) in [6.45, 7) is 0. The predicted octanol–water partition coefficient (Wildman–Crippen LogP) is 2.27. The zero-order chi connectivity index (χ0) is 19.1. The number of benzene rings is 1. The SMILES string of the molecule is CN(c1ccccc1)c1nc(N)nc(-c2noc(C3CC4CCC(C3)N4)n2)n1. The number of rotatable bonds is 4. The van der Waals surface area contributed by atoms with E-state index in [1.165, 1.54) is 12.8 Å². The van der Waals surface area contributed by atoms with Gasteiger partial charge in [0, 0.05) is 30.7 Å². The van der Waals surface area contributed by atoms with Gasteiger partial charge in [0.2, 0.25) is 29.4 Å². The van der Waals surface area contributed by atoms with Crippen molar-refractivity contribution < 1.29 is 4.52 Å². The first kappa shape index (κ1) is 17.1. The third kappa shape index (κ3) is 3.18. The summed E-state index contributed by atoms with van der Waals surface area (Å²) in [4.78, 5) is 19.4. The number of aromatic nitrogens is 5. The van der Waals surface area contributed by atoms with Crippen molar-refractivity contribution in [3.63, 3.8) is 0 Å². The first-order valence-electron chi connectivity index (χ1n) is 9.56. The highest BCUT2D eigenvalue weighted by molar-refractivity contribution is 5.58. The minimum Gasteiger partial charge on any atom is -0.368 e. The molecule has 3 N–H and O–H groups in total. The highest BCUT2D eigenvalue weighted by Gasteiger charge is 2.36. The summed E-state index contributed by atoms with van der Waals surface area (Å²) in [6, 6.07) is 10.9. The van der Waals surface area contributed by atoms with E-state index in [9.17, 15) is 0 Å². The van der Waals surface area contributed by atoms with Gasteiger partial charge in [0.15, 0.2) is 0 Å². The van der Waals surface area contributed by atoms with Gasteiger partial charge < -0.3 is 20.5 Å². The van der Waals surface area contributed by atoms with E-state index in [1.807, 2.05) is 42.3 Å². The molecule has 9 nitrogen and oxygen atoms in total. The molecule has 5 rings (SSSR count). The van der Waals surface area contributed by atoms with Crippen LogP contribution in [0.25, 0.3) is 11.6 Å². The van der Waals surface area contributed by atoms with Crippen molar-refractivity contribution in [1.82, 2.24) is 30.4 Å². The summed E-state index contributed by atoms with van der Waals surface area (Å²) in [6.07, 6.45) is 4.50. The maximum atomic E-state index is 5.92. The molecule has 28 heavy (non-hydrogen) atoms. The van der Waals surface area contributed by atoms with Crippen LogP contribution in [0.4, 0.5) is 17.6 Å². The maximum absolute atomic E-state index is 5.92. The molecule has 3 aromatic rings. The van der Waals surface area contributed by atoms with Crippen molar-refractivity contribution >= 4 is 17.6 Å².